The monoisotopic (exact) mass is 467 g/mol. The molecule has 1 amide bonds. The average molecular weight is 468 g/mol. The van der Waals surface area contributed by atoms with E-state index in [9.17, 15) is 19.1 Å². The van der Waals surface area contributed by atoms with Crippen molar-refractivity contribution in [1.29, 1.82) is 0 Å². The molecule has 1 aliphatic heterocycles. The van der Waals surface area contributed by atoms with E-state index < -0.39 is 23.5 Å². The number of aliphatic hydroxyl groups excluding tert-OH is 1. The van der Waals surface area contributed by atoms with Crippen molar-refractivity contribution >= 4 is 28.8 Å². The second kappa shape index (κ2) is 9.46. The molecule has 2 aromatic carbocycles. The minimum absolute atomic E-state index is 0.00127. The first kappa shape index (κ1) is 22.5. The summed E-state index contributed by atoms with van der Waals surface area (Å²) in [7, 11) is 3.10. The number of carbonyl (C=O) groups is 2. The Bertz CT molecular complexity index is 1200. The molecule has 1 fully saturated rings. The van der Waals surface area contributed by atoms with E-state index in [1.54, 1.807) is 20.3 Å². The number of ketones is 1. The molecule has 1 unspecified atom stereocenters. The summed E-state index contributed by atoms with van der Waals surface area (Å²) in [6.45, 7) is 0.253. The van der Waals surface area contributed by atoms with Gasteiger partial charge in [-0.05, 0) is 59.8 Å². The summed E-state index contributed by atoms with van der Waals surface area (Å²) in [6.07, 6.45) is 0.464. The molecule has 0 aliphatic carbocycles. The number of Topliss-reactive ketones (excluding diaryl/α,β-unsaturated/α-hetero) is 1. The lowest BCUT2D eigenvalue weighted by atomic mass is 9.99. The van der Waals surface area contributed by atoms with Crippen LogP contribution in [0.25, 0.3) is 5.76 Å². The maximum absolute atomic E-state index is 13.3. The van der Waals surface area contributed by atoms with Crippen molar-refractivity contribution in [2.75, 3.05) is 20.8 Å². The van der Waals surface area contributed by atoms with Gasteiger partial charge in [0.05, 0.1) is 25.8 Å². The van der Waals surface area contributed by atoms with Gasteiger partial charge in [0.2, 0.25) is 0 Å². The number of halogens is 1. The van der Waals surface area contributed by atoms with Crippen LogP contribution in [0.4, 0.5) is 4.39 Å². The first-order chi connectivity index (χ1) is 15.9. The fraction of sp³-hybridized carbons (Fsp3) is 0.200. The molecule has 1 N–H and O–H groups in total. The Morgan fingerprint density at radius 1 is 1.06 bits per heavy atom. The molecule has 33 heavy (non-hydrogen) atoms. The van der Waals surface area contributed by atoms with Gasteiger partial charge in [-0.2, -0.15) is 0 Å². The summed E-state index contributed by atoms with van der Waals surface area (Å²) in [5, 5.41) is 12.8. The van der Waals surface area contributed by atoms with Gasteiger partial charge in [0.1, 0.15) is 11.6 Å². The summed E-state index contributed by atoms with van der Waals surface area (Å²) < 4.78 is 24.0. The molecule has 1 atom stereocenters. The zero-order chi connectivity index (χ0) is 23.5. The maximum Gasteiger partial charge on any atom is 0.295 e. The van der Waals surface area contributed by atoms with E-state index in [-0.39, 0.29) is 23.4 Å². The summed E-state index contributed by atoms with van der Waals surface area (Å²) in [5.41, 5.74) is 1.18. The zero-order valence-corrected chi connectivity index (χ0v) is 18.9. The van der Waals surface area contributed by atoms with E-state index in [2.05, 4.69) is 0 Å². The lowest BCUT2D eigenvalue weighted by molar-refractivity contribution is -0.139. The first-order valence-electron chi connectivity index (χ1n) is 10.2. The molecule has 2 heterocycles. The second-order valence-electron chi connectivity index (χ2n) is 7.45. The van der Waals surface area contributed by atoms with Crippen molar-refractivity contribution in [3.05, 3.63) is 87.4 Å². The third-order valence-electron chi connectivity index (χ3n) is 5.56. The van der Waals surface area contributed by atoms with E-state index in [4.69, 9.17) is 9.47 Å². The Labute approximate surface area is 194 Å². The number of methoxy groups -OCH3 is 2. The summed E-state index contributed by atoms with van der Waals surface area (Å²) in [6, 6.07) is 13.6. The quantitative estimate of drug-likeness (QED) is 0.313. The standard InChI is InChI=1S/C25H22FNO5S/c1-31-18-10-5-15(14-19(18)32-2)11-12-27-22(20-4-3-13-33-20)21(24(29)25(27)30)23(28)16-6-8-17(26)9-7-16/h3-10,13-14,22,28H,11-12H2,1-2H3/b23-21-. The van der Waals surface area contributed by atoms with Crippen LogP contribution in [0.5, 0.6) is 11.5 Å². The molecule has 0 bridgehead atoms. The Balaban J connectivity index is 1.69. The molecule has 6 nitrogen and oxygen atoms in total. The van der Waals surface area contributed by atoms with Crippen LogP contribution in [0.3, 0.4) is 0 Å². The van der Waals surface area contributed by atoms with Crippen LogP contribution in [-0.2, 0) is 16.0 Å². The molecule has 3 aromatic rings. The van der Waals surface area contributed by atoms with Crippen molar-refractivity contribution in [3.8, 4) is 11.5 Å². The topological polar surface area (TPSA) is 76.1 Å². The molecule has 1 aliphatic rings. The van der Waals surface area contributed by atoms with E-state index in [1.807, 2.05) is 29.6 Å². The average Bonchev–Trinajstić information content (AvgIpc) is 3.44. The Morgan fingerprint density at radius 3 is 2.42 bits per heavy atom. The molecule has 1 aromatic heterocycles. The predicted octanol–water partition coefficient (Wildman–Crippen LogP) is 4.57. The number of aliphatic hydroxyl groups is 1. The molecule has 0 spiro atoms. The van der Waals surface area contributed by atoms with Crippen LogP contribution in [0, 0.1) is 5.82 Å². The van der Waals surface area contributed by atoms with Crippen LogP contribution in [-0.4, -0.2) is 42.5 Å². The van der Waals surface area contributed by atoms with E-state index >= 15 is 0 Å². The van der Waals surface area contributed by atoms with Crippen molar-refractivity contribution < 1.29 is 28.6 Å². The van der Waals surface area contributed by atoms with Crippen molar-refractivity contribution in [1.82, 2.24) is 4.90 Å². The van der Waals surface area contributed by atoms with Crippen LogP contribution in [0.1, 0.15) is 22.0 Å². The molecule has 1 saturated heterocycles. The van der Waals surface area contributed by atoms with Crippen molar-refractivity contribution in [2.45, 2.75) is 12.5 Å². The number of benzene rings is 2. The highest BCUT2D eigenvalue weighted by molar-refractivity contribution is 7.10. The van der Waals surface area contributed by atoms with Gasteiger partial charge in [-0.15, -0.1) is 11.3 Å². The molecule has 4 rings (SSSR count). The summed E-state index contributed by atoms with van der Waals surface area (Å²) >= 11 is 1.39. The van der Waals surface area contributed by atoms with Crippen LogP contribution < -0.4 is 9.47 Å². The van der Waals surface area contributed by atoms with Crippen LogP contribution in [0.2, 0.25) is 0 Å². The number of carbonyl (C=O) groups excluding carboxylic acids is 2. The highest BCUT2D eigenvalue weighted by Crippen LogP contribution is 2.41. The van der Waals surface area contributed by atoms with Crippen molar-refractivity contribution in [3.63, 3.8) is 0 Å². The molecular formula is C25H22FNO5S. The fourth-order valence-corrected chi connectivity index (χ4v) is 4.75. The minimum Gasteiger partial charge on any atom is -0.507 e. The zero-order valence-electron chi connectivity index (χ0n) is 18.1. The number of thiophene rings is 1. The van der Waals surface area contributed by atoms with Gasteiger partial charge in [0.15, 0.2) is 11.5 Å². The number of hydrogen-bond donors (Lipinski definition) is 1. The lowest BCUT2D eigenvalue weighted by Crippen LogP contribution is -2.31. The smallest absolute Gasteiger partial charge is 0.295 e. The van der Waals surface area contributed by atoms with Gasteiger partial charge >= 0.3 is 0 Å². The number of nitrogens with zero attached hydrogens (tertiary/aromatic N) is 1. The maximum atomic E-state index is 13.3. The van der Waals surface area contributed by atoms with Crippen LogP contribution >= 0.6 is 11.3 Å². The van der Waals surface area contributed by atoms with Gasteiger partial charge in [-0.1, -0.05) is 12.1 Å². The fourth-order valence-electron chi connectivity index (χ4n) is 3.90. The SMILES string of the molecule is COc1ccc(CCN2C(=O)C(=O)/C(=C(\O)c3ccc(F)cc3)C2c2cccs2)cc1OC. The minimum atomic E-state index is -0.762. The van der Waals surface area contributed by atoms with Crippen LogP contribution in [0.15, 0.2) is 65.6 Å². The Morgan fingerprint density at radius 2 is 1.79 bits per heavy atom. The molecular weight excluding hydrogens is 445 g/mol. The number of hydrogen-bond acceptors (Lipinski definition) is 6. The molecule has 170 valence electrons. The third-order valence-corrected chi connectivity index (χ3v) is 6.48. The van der Waals surface area contributed by atoms with Gasteiger partial charge < -0.3 is 19.5 Å². The van der Waals surface area contributed by atoms with Gasteiger partial charge in [-0.3, -0.25) is 9.59 Å². The third kappa shape index (κ3) is 4.34. The van der Waals surface area contributed by atoms with E-state index in [0.29, 0.717) is 17.9 Å². The van der Waals surface area contributed by atoms with E-state index in [1.165, 1.54) is 40.5 Å². The number of rotatable bonds is 7. The summed E-state index contributed by atoms with van der Waals surface area (Å²) in [4.78, 5) is 28.2. The Hall–Kier alpha value is -3.65. The predicted molar refractivity (Wildman–Crippen MR) is 123 cm³/mol. The second-order valence-corrected chi connectivity index (χ2v) is 8.43. The highest BCUT2D eigenvalue weighted by atomic mass is 32.1. The van der Waals surface area contributed by atoms with Gasteiger partial charge in [0.25, 0.3) is 11.7 Å². The lowest BCUT2D eigenvalue weighted by Gasteiger charge is -2.24. The largest absolute Gasteiger partial charge is 0.507 e. The number of amides is 1. The van der Waals surface area contributed by atoms with Gasteiger partial charge in [-0.25, -0.2) is 4.39 Å². The normalized spacial score (nSPS) is 17.4. The highest BCUT2D eigenvalue weighted by Gasteiger charge is 2.46. The number of ether oxygens (including phenoxy) is 2. The molecule has 0 radical (unpaired) electrons. The number of likely N-dealkylation sites (tertiary alicyclic amines) is 1. The molecule has 0 saturated carbocycles. The summed E-state index contributed by atoms with van der Waals surface area (Å²) in [5.74, 6) is -1.06. The van der Waals surface area contributed by atoms with Crippen molar-refractivity contribution in [2.24, 2.45) is 0 Å². The first-order valence-corrected chi connectivity index (χ1v) is 11.1. The van der Waals surface area contributed by atoms with Gasteiger partial charge in [0, 0.05) is 17.0 Å². The van der Waals surface area contributed by atoms with E-state index in [0.717, 1.165) is 10.4 Å². The Kier molecular flexibility index (Phi) is 6.46. The molecule has 8 heteroatoms.